The molecule has 2 aromatic carbocycles. The molecule has 0 aliphatic carbocycles. The number of aromatic nitrogens is 2. The zero-order chi connectivity index (χ0) is 18.5. The summed E-state index contributed by atoms with van der Waals surface area (Å²) in [5.41, 5.74) is 2.49. The summed E-state index contributed by atoms with van der Waals surface area (Å²) in [4.78, 5) is 12.4. The molecule has 5 nitrogen and oxygen atoms in total. The molecule has 0 radical (unpaired) electrons. The highest BCUT2D eigenvalue weighted by Gasteiger charge is 2.14. The molecule has 0 aliphatic rings. The maximum atomic E-state index is 12.4. The van der Waals surface area contributed by atoms with Crippen molar-refractivity contribution in [2.75, 3.05) is 5.32 Å². The monoisotopic (exact) mass is 382 g/mol. The van der Waals surface area contributed by atoms with Gasteiger partial charge in [-0.1, -0.05) is 59.6 Å². The number of halogens is 2. The Kier molecular flexibility index (Phi) is 5.37. The van der Waals surface area contributed by atoms with E-state index in [1.165, 1.54) is 6.08 Å². The van der Waals surface area contributed by atoms with E-state index in [4.69, 9.17) is 23.2 Å². The topological polar surface area (TPSA) is 81.6 Å². The molecule has 3 rings (SSSR count). The van der Waals surface area contributed by atoms with Crippen LogP contribution in [0.5, 0.6) is 0 Å². The Bertz CT molecular complexity index is 1020. The highest BCUT2D eigenvalue weighted by Crippen LogP contribution is 2.30. The smallest absolute Gasteiger partial charge is 0.266 e. The Hall–Kier alpha value is -3.07. The van der Waals surface area contributed by atoms with Crippen LogP contribution in [0, 0.1) is 11.3 Å². The van der Waals surface area contributed by atoms with E-state index in [1.54, 1.807) is 24.4 Å². The Morgan fingerprint density at radius 2 is 1.92 bits per heavy atom. The third-order valence-electron chi connectivity index (χ3n) is 3.60. The van der Waals surface area contributed by atoms with Gasteiger partial charge in [-0.15, -0.1) is 0 Å². The molecule has 7 heteroatoms. The van der Waals surface area contributed by atoms with Crippen LogP contribution in [0.25, 0.3) is 17.3 Å². The van der Waals surface area contributed by atoms with Gasteiger partial charge >= 0.3 is 0 Å². The lowest BCUT2D eigenvalue weighted by molar-refractivity contribution is -0.112. The summed E-state index contributed by atoms with van der Waals surface area (Å²) in [6, 6.07) is 16.3. The highest BCUT2D eigenvalue weighted by atomic mass is 35.5. The SMILES string of the molecule is N#C/C(=C\c1cn[nH]c1-c1ccccc1)C(=O)Nc1cccc(Cl)c1Cl. The van der Waals surface area contributed by atoms with Crippen molar-refractivity contribution in [1.29, 1.82) is 5.26 Å². The number of rotatable bonds is 4. The minimum Gasteiger partial charge on any atom is -0.320 e. The van der Waals surface area contributed by atoms with Gasteiger partial charge in [0.25, 0.3) is 5.91 Å². The molecule has 0 saturated heterocycles. The fraction of sp³-hybridized carbons (Fsp3) is 0. The summed E-state index contributed by atoms with van der Waals surface area (Å²) in [6.45, 7) is 0. The Morgan fingerprint density at radius 1 is 1.15 bits per heavy atom. The summed E-state index contributed by atoms with van der Waals surface area (Å²) >= 11 is 12.0. The molecule has 0 bridgehead atoms. The van der Waals surface area contributed by atoms with Gasteiger partial charge in [0.2, 0.25) is 0 Å². The second-order valence-corrected chi connectivity index (χ2v) is 6.08. The summed E-state index contributed by atoms with van der Waals surface area (Å²) in [5, 5.41) is 19.4. The van der Waals surface area contributed by atoms with Crippen LogP contribution < -0.4 is 5.32 Å². The van der Waals surface area contributed by atoms with Crippen LogP contribution in [0.1, 0.15) is 5.56 Å². The van der Waals surface area contributed by atoms with E-state index in [0.29, 0.717) is 22.0 Å². The van der Waals surface area contributed by atoms with Crippen LogP contribution in [0.4, 0.5) is 5.69 Å². The number of H-pyrrole nitrogens is 1. The standard InChI is InChI=1S/C19H12Cl2N4O/c20-15-7-4-8-16(17(15)21)24-19(26)13(10-22)9-14-11-23-25-18(14)12-5-2-1-3-6-12/h1-9,11H,(H,23,25)(H,24,26)/b13-9+. The van der Waals surface area contributed by atoms with E-state index >= 15 is 0 Å². The first-order valence-corrected chi connectivity index (χ1v) is 8.31. The summed E-state index contributed by atoms with van der Waals surface area (Å²) in [5.74, 6) is -0.586. The van der Waals surface area contributed by atoms with Crippen molar-refractivity contribution < 1.29 is 4.79 Å². The van der Waals surface area contributed by atoms with E-state index in [2.05, 4.69) is 15.5 Å². The van der Waals surface area contributed by atoms with Gasteiger partial charge in [-0.3, -0.25) is 9.89 Å². The van der Waals surface area contributed by atoms with Crippen molar-refractivity contribution in [2.45, 2.75) is 0 Å². The predicted octanol–water partition coefficient (Wildman–Crippen LogP) is 4.93. The van der Waals surface area contributed by atoms with Gasteiger partial charge in [-0.25, -0.2) is 0 Å². The Morgan fingerprint density at radius 3 is 2.65 bits per heavy atom. The van der Waals surface area contributed by atoms with E-state index < -0.39 is 5.91 Å². The van der Waals surface area contributed by atoms with Crippen molar-refractivity contribution >= 4 is 40.9 Å². The average Bonchev–Trinajstić information content (AvgIpc) is 3.12. The van der Waals surface area contributed by atoms with Gasteiger partial charge in [0.15, 0.2) is 0 Å². The first-order valence-electron chi connectivity index (χ1n) is 7.56. The summed E-state index contributed by atoms with van der Waals surface area (Å²) in [6.07, 6.45) is 3.03. The molecule has 1 aromatic heterocycles. The largest absolute Gasteiger partial charge is 0.320 e. The van der Waals surface area contributed by atoms with Crippen molar-refractivity contribution in [3.05, 3.63) is 75.9 Å². The molecule has 26 heavy (non-hydrogen) atoms. The van der Waals surface area contributed by atoms with Crippen LogP contribution in [-0.2, 0) is 4.79 Å². The van der Waals surface area contributed by atoms with E-state index in [0.717, 1.165) is 5.56 Å². The average molecular weight is 383 g/mol. The maximum absolute atomic E-state index is 12.4. The zero-order valence-corrected chi connectivity index (χ0v) is 14.8. The fourth-order valence-electron chi connectivity index (χ4n) is 2.34. The number of nitrogens with zero attached hydrogens (tertiary/aromatic N) is 2. The van der Waals surface area contributed by atoms with Crippen LogP contribution >= 0.6 is 23.2 Å². The second-order valence-electron chi connectivity index (χ2n) is 5.29. The molecule has 128 valence electrons. The summed E-state index contributed by atoms with van der Waals surface area (Å²) < 4.78 is 0. The number of aromatic amines is 1. The van der Waals surface area contributed by atoms with Gasteiger partial charge in [0.1, 0.15) is 11.6 Å². The lowest BCUT2D eigenvalue weighted by Gasteiger charge is -2.07. The van der Waals surface area contributed by atoms with Gasteiger partial charge in [-0.2, -0.15) is 10.4 Å². The van der Waals surface area contributed by atoms with E-state index in [9.17, 15) is 10.1 Å². The molecular formula is C19H12Cl2N4O. The summed E-state index contributed by atoms with van der Waals surface area (Å²) in [7, 11) is 0. The first-order chi connectivity index (χ1) is 12.6. The van der Waals surface area contributed by atoms with Gasteiger partial charge in [0.05, 0.1) is 27.6 Å². The number of amides is 1. The number of hydrogen-bond donors (Lipinski definition) is 2. The predicted molar refractivity (Wildman–Crippen MR) is 103 cm³/mol. The lowest BCUT2D eigenvalue weighted by atomic mass is 10.1. The molecular weight excluding hydrogens is 371 g/mol. The van der Waals surface area contributed by atoms with Gasteiger partial charge < -0.3 is 5.32 Å². The number of nitriles is 1. The Balaban J connectivity index is 1.90. The third-order valence-corrected chi connectivity index (χ3v) is 4.41. The van der Waals surface area contributed by atoms with Crippen molar-refractivity contribution in [2.24, 2.45) is 0 Å². The van der Waals surface area contributed by atoms with Crippen LogP contribution in [-0.4, -0.2) is 16.1 Å². The number of carbonyl (C=O) groups is 1. The molecule has 0 saturated carbocycles. The fourth-order valence-corrected chi connectivity index (χ4v) is 2.68. The highest BCUT2D eigenvalue weighted by molar-refractivity contribution is 6.44. The second kappa shape index (κ2) is 7.87. The zero-order valence-electron chi connectivity index (χ0n) is 13.3. The quantitative estimate of drug-likeness (QED) is 0.495. The van der Waals surface area contributed by atoms with E-state index in [1.807, 2.05) is 36.4 Å². The lowest BCUT2D eigenvalue weighted by Crippen LogP contribution is -2.13. The molecule has 0 spiro atoms. The van der Waals surface area contributed by atoms with Gasteiger partial charge in [-0.05, 0) is 18.2 Å². The van der Waals surface area contributed by atoms with E-state index in [-0.39, 0.29) is 10.6 Å². The normalized spacial score (nSPS) is 11.0. The minimum absolute atomic E-state index is 0.0837. The number of benzene rings is 2. The third kappa shape index (κ3) is 3.77. The molecule has 3 aromatic rings. The van der Waals surface area contributed by atoms with Crippen LogP contribution in [0.2, 0.25) is 10.0 Å². The van der Waals surface area contributed by atoms with Crippen molar-refractivity contribution in [3.8, 4) is 17.3 Å². The molecule has 0 unspecified atom stereocenters. The number of carbonyl (C=O) groups excluding carboxylic acids is 1. The molecule has 0 aliphatic heterocycles. The van der Waals surface area contributed by atoms with Crippen LogP contribution in [0.15, 0.2) is 60.3 Å². The van der Waals surface area contributed by atoms with Crippen molar-refractivity contribution in [1.82, 2.24) is 10.2 Å². The first kappa shape index (κ1) is 17.7. The molecule has 0 atom stereocenters. The molecule has 1 heterocycles. The van der Waals surface area contributed by atoms with Crippen molar-refractivity contribution in [3.63, 3.8) is 0 Å². The number of nitrogens with one attached hydrogen (secondary N) is 2. The van der Waals surface area contributed by atoms with Gasteiger partial charge in [0, 0.05) is 11.1 Å². The molecule has 0 fully saturated rings. The number of hydrogen-bond acceptors (Lipinski definition) is 3. The molecule has 2 N–H and O–H groups in total. The number of anilines is 1. The Labute approximate surface area is 159 Å². The molecule has 1 amide bonds. The van der Waals surface area contributed by atoms with Crippen LogP contribution in [0.3, 0.4) is 0 Å². The maximum Gasteiger partial charge on any atom is 0.266 e. The minimum atomic E-state index is -0.586.